The zero-order valence-electron chi connectivity index (χ0n) is 12.2. The molecule has 0 heterocycles. The first-order valence-electron chi connectivity index (χ1n) is 6.84. The summed E-state index contributed by atoms with van der Waals surface area (Å²) < 4.78 is 12.9. The van der Waals surface area contributed by atoms with Crippen molar-refractivity contribution in [1.29, 1.82) is 0 Å². The number of rotatable bonds is 6. The summed E-state index contributed by atoms with van der Waals surface area (Å²) in [6.07, 6.45) is 0.638. The Morgan fingerprint density at radius 3 is 2.30 bits per heavy atom. The fraction of sp³-hybridized carbons (Fsp3) is 0.533. The predicted molar refractivity (Wildman–Crippen MR) is 76.9 cm³/mol. The first-order valence-corrected chi connectivity index (χ1v) is 6.84. The molecule has 0 bridgehead atoms. The van der Waals surface area contributed by atoms with E-state index >= 15 is 0 Å². The second kappa shape index (κ2) is 7.85. The summed E-state index contributed by atoms with van der Waals surface area (Å²) in [5, 5.41) is 14.4. The molecular formula is C15H23FN2O2. The van der Waals surface area contributed by atoms with E-state index in [0.29, 0.717) is 6.42 Å². The van der Waals surface area contributed by atoms with Gasteiger partial charge in [0.1, 0.15) is 5.82 Å². The van der Waals surface area contributed by atoms with Crippen LogP contribution >= 0.6 is 0 Å². The number of urea groups is 1. The maximum Gasteiger partial charge on any atom is 0.315 e. The van der Waals surface area contributed by atoms with Gasteiger partial charge in [0.15, 0.2) is 0 Å². The third kappa shape index (κ3) is 5.57. The Hall–Kier alpha value is -1.62. The molecule has 0 saturated heterocycles. The summed E-state index contributed by atoms with van der Waals surface area (Å²) in [7, 11) is 0. The lowest BCUT2D eigenvalue weighted by molar-refractivity contribution is 0.214. The Balaban J connectivity index is 2.60. The largest absolute Gasteiger partial charge is 0.394 e. The van der Waals surface area contributed by atoms with Crippen LogP contribution in [-0.4, -0.2) is 29.8 Å². The SMILES string of the molecule is CC(C)[C@H](Cc1ccc(F)cc1)NC(=O)N[C@@H](C)CO. The lowest BCUT2D eigenvalue weighted by Crippen LogP contribution is -2.48. The lowest BCUT2D eigenvalue weighted by atomic mass is 9.96. The van der Waals surface area contributed by atoms with Gasteiger partial charge in [-0.1, -0.05) is 26.0 Å². The van der Waals surface area contributed by atoms with Crippen LogP contribution in [0.15, 0.2) is 24.3 Å². The molecule has 20 heavy (non-hydrogen) atoms. The Morgan fingerprint density at radius 2 is 1.80 bits per heavy atom. The smallest absolute Gasteiger partial charge is 0.315 e. The Morgan fingerprint density at radius 1 is 1.20 bits per heavy atom. The van der Waals surface area contributed by atoms with E-state index < -0.39 is 0 Å². The van der Waals surface area contributed by atoms with Gasteiger partial charge < -0.3 is 15.7 Å². The van der Waals surface area contributed by atoms with Gasteiger partial charge in [0.2, 0.25) is 0 Å². The number of amides is 2. The Labute approximate surface area is 119 Å². The first-order chi connectivity index (χ1) is 9.42. The molecule has 0 aliphatic heterocycles. The van der Waals surface area contributed by atoms with Gasteiger partial charge in [0, 0.05) is 6.04 Å². The van der Waals surface area contributed by atoms with Gasteiger partial charge in [0.05, 0.1) is 12.6 Å². The molecule has 1 aromatic carbocycles. The van der Waals surface area contributed by atoms with Crippen molar-refractivity contribution in [2.75, 3.05) is 6.61 Å². The number of hydrogen-bond acceptors (Lipinski definition) is 2. The predicted octanol–water partition coefficient (Wildman–Crippen LogP) is 2.07. The second-order valence-electron chi connectivity index (χ2n) is 5.38. The monoisotopic (exact) mass is 282 g/mol. The molecule has 112 valence electrons. The zero-order valence-corrected chi connectivity index (χ0v) is 12.2. The van der Waals surface area contributed by atoms with Crippen LogP contribution in [0.1, 0.15) is 26.3 Å². The summed E-state index contributed by atoms with van der Waals surface area (Å²) in [5.74, 6) is -0.0208. The van der Waals surface area contributed by atoms with Crippen molar-refractivity contribution < 1.29 is 14.3 Å². The van der Waals surface area contributed by atoms with Crippen LogP contribution in [0.5, 0.6) is 0 Å². The van der Waals surface area contributed by atoms with Crippen molar-refractivity contribution >= 4 is 6.03 Å². The molecule has 2 atom stereocenters. The van der Waals surface area contributed by atoms with E-state index in [-0.39, 0.29) is 36.5 Å². The van der Waals surface area contributed by atoms with Crippen molar-refractivity contribution in [3.8, 4) is 0 Å². The highest BCUT2D eigenvalue weighted by molar-refractivity contribution is 5.74. The van der Waals surface area contributed by atoms with Crippen LogP contribution < -0.4 is 10.6 Å². The number of hydrogen-bond donors (Lipinski definition) is 3. The van der Waals surface area contributed by atoms with E-state index in [2.05, 4.69) is 10.6 Å². The molecule has 0 saturated carbocycles. The topological polar surface area (TPSA) is 61.4 Å². The van der Waals surface area contributed by atoms with Gasteiger partial charge in [-0.2, -0.15) is 0 Å². The summed E-state index contributed by atoms with van der Waals surface area (Å²) in [6.45, 7) is 5.66. The normalized spacial score (nSPS) is 13.9. The van der Waals surface area contributed by atoms with Gasteiger partial charge >= 0.3 is 6.03 Å². The minimum atomic E-state index is -0.299. The lowest BCUT2D eigenvalue weighted by Gasteiger charge is -2.23. The van der Waals surface area contributed by atoms with E-state index in [1.807, 2.05) is 13.8 Å². The summed E-state index contributed by atoms with van der Waals surface area (Å²) in [5.41, 5.74) is 0.973. The van der Waals surface area contributed by atoms with Crippen LogP contribution in [0, 0.1) is 11.7 Å². The van der Waals surface area contributed by atoms with Crippen molar-refractivity contribution in [2.45, 2.75) is 39.3 Å². The van der Waals surface area contributed by atoms with E-state index in [1.54, 1.807) is 19.1 Å². The van der Waals surface area contributed by atoms with Crippen molar-refractivity contribution in [2.24, 2.45) is 5.92 Å². The molecule has 0 fully saturated rings. The third-order valence-electron chi connectivity index (χ3n) is 3.14. The molecule has 3 N–H and O–H groups in total. The molecule has 2 amide bonds. The van der Waals surface area contributed by atoms with Gasteiger partial charge in [-0.05, 0) is 37.0 Å². The van der Waals surface area contributed by atoms with Gasteiger partial charge in [-0.25, -0.2) is 9.18 Å². The number of halogens is 1. The van der Waals surface area contributed by atoms with Crippen molar-refractivity contribution in [3.05, 3.63) is 35.6 Å². The molecule has 0 spiro atoms. The third-order valence-corrected chi connectivity index (χ3v) is 3.14. The molecule has 0 aliphatic carbocycles. The molecule has 0 unspecified atom stereocenters. The highest BCUT2D eigenvalue weighted by Crippen LogP contribution is 2.11. The van der Waals surface area contributed by atoms with Crippen LogP contribution in [0.2, 0.25) is 0 Å². The van der Waals surface area contributed by atoms with Crippen LogP contribution in [0.4, 0.5) is 9.18 Å². The maximum absolute atomic E-state index is 12.9. The second-order valence-corrected chi connectivity index (χ2v) is 5.38. The minimum absolute atomic E-state index is 0.0497. The maximum atomic E-state index is 12.9. The fourth-order valence-electron chi connectivity index (χ4n) is 1.81. The quantitative estimate of drug-likeness (QED) is 0.748. The number of nitrogens with one attached hydrogen (secondary N) is 2. The number of aliphatic hydroxyl groups is 1. The number of carbonyl (C=O) groups excluding carboxylic acids is 1. The number of aliphatic hydroxyl groups excluding tert-OH is 1. The van der Waals surface area contributed by atoms with Crippen LogP contribution in [0.3, 0.4) is 0 Å². The molecule has 1 rings (SSSR count). The Bertz CT molecular complexity index is 420. The minimum Gasteiger partial charge on any atom is -0.394 e. The molecule has 5 heteroatoms. The summed E-state index contributed by atoms with van der Waals surface area (Å²) in [6, 6.07) is 5.65. The zero-order chi connectivity index (χ0) is 15.1. The van der Waals surface area contributed by atoms with Gasteiger partial charge in [-0.3, -0.25) is 0 Å². The highest BCUT2D eigenvalue weighted by atomic mass is 19.1. The Kier molecular flexibility index (Phi) is 6.45. The molecule has 0 aliphatic rings. The van der Waals surface area contributed by atoms with Gasteiger partial charge in [-0.15, -0.1) is 0 Å². The van der Waals surface area contributed by atoms with Crippen molar-refractivity contribution in [1.82, 2.24) is 10.6 Å². The molecule has 0 aromatic heterocycles. The van der Waals surface area contributed by atoms with E-state index in [9.17, 15) is 9.18 Å². The first kappa shape index (κ1) is 16.4. The molecular weight excluding hydrogens is 259 g/mol. The molecule has 0 radical (unpaired) electrons. The van der Waals surface area contributed by atoms with Gasteiger partial charge in [0.25, 0.3) is 0 Å². The highest BCUT2D eigenvalue weighted by Gasteiger charge is 2.17. The number of carbonyl (C=O) groups is 1. The fourth-order valence-corrected chi connectivity index (χ4v) is 1.81. The van der Waals surface area contributed by atoms with Crippen molar-refractivity contribution in [3.63, 3.8) is 0 Å². The van der Waals surface area contributed by atoms with E-state index in [1.165, 1.54) is 12.1 Å². The summed E-state index contributed by atoms with van der Waals surface area (Å²) >= 11 is 0. The average Bonchev–Trinajstić information content (AvgIpc) is 2.40. The average molecular weight is 282 g/mol. The standard InChI is InChI=1S/C15H23FN2O2/c1-10(2)14(18-15(20)17-11(3)9-19)8-12-4-6-13(16)7-5-12/h4-7,10-11,14,19H,8-9H2,1-3H3,(H2,17,18,20)/t11-,14-/m0/s1. The molecule has 1 aromatic rings. The summed E-state index contributed by atoms with van der Waals surface area (Å²) in [4.78, 5) is 11.8. The van der Waals surface area contributed by atoms with E-state index in [0.717, 1.165) is 5.56 Å². The van der Waals surface area contributed by atoms with Crippen LogP contribution in [-0.2, 0) is 6.42 Å². The van der Waals surface area contributed by atoms with E-state index in [4.69, 9.17) is 5.11 Å². The molecule has 4 nitrogen and oxygen atoms in total. The van der Waals surface area contributed by atoms with Crippen LogP contribution in [0.25, 0.3) is 0 Å². The number of benzene rings is 1.